The van der Waals surface area contributed by atoms with Crippen LogP contribution in [0.5, 0.6) is 0 Å². The second-order valence-corrected chi connectivity index (χ2v) is 3.86. The molecule has 0 spiro atoms. The lowest BCUT2D eigenvalue weighted by Crippen LogP contribution is -2.05. The van der Waals surface area contributed by atoms with Crippen LogP contribution in [0.3, 0.4) is 0 Å². The van der Waals surface area contributed by atoms with E-state index in [2.05, 4.69) is 30.3 Å². The largest absolute Gasteiger partial charge is 0.379 e. The summed E-state index contributed by atoms with van der Waals surface area (Å²) in [7, 11) is 0. The number of ether oxygens (including phenoxy) is 1. The van der Waals surface area contributed by atoms with Gasteiger partial charge in [0.15, 0.2) is 0 Å². The van der Waals surface area contributed by atoms with Gasteiger partial charge in [0, 0.05) is 25.0 Å². The van der Waals surface area contributed by atoms with Crippen molar-refractivity contribution in [2.75, 3.05) is 6.61 Å². The molecule has 0 aromatic carbocycles. The maximum absolute atomic E-state index is 5.47. The monoisotopic (exact) mass is 196 g/mol. The number of rotatable bonds is 6. The number of nitrogens with zero attached hydrogens (tertiary/aromatic N) is 2. The Kier molecular flexibility index (Phi) is 4.66. The molecule has 3 heteroatoms. The van der Waals surface area contributed by atoms with E-state index in [4.69, 9.17) is 4.74 Å². The van der Waals surface area contributed by atoms with Gasteiger partial charge in [-0.3, -0.25) is 0 Å². The first-order valence-corrected chi connectivity index (χ1v) is 5.28. The van der Waals surface area contributed by atoms with Crippen LogP contribution in [0.2, 0.25) is 0 Å². The zero-order chi connectivity index (χ0) is 10.4. The maximum Gasteiger partial charge on any atom is 0.0948 e. The van der Waals surface area contributed by atoms with Gasteiger partial charge in [-0.25, -0.2) is 4.98 Å². The van der Waals surface area contributed by atoms with E-state index in [9.17, 15) is 0 Å². The summed E-state index contributed by atoms with van der Waals surface area (Å²) in [6.07, 6.45) is 6.41. The van der Waals surface area contributed by atoms with Crippen molar-refractivity contribution in [3.63, 3.8) is 0 Å². The van der Waals surface area contributed by atoms with E-state index in [1.807, 2.05) is 12.5 Å². The highest BCUT2D eigenvalue weighted by Gasteiger charge is 1.96. The molecule has 0 unspecified atom stereocenters. The minimum absolute atomic E-state index is 0.352. The Morgan fingerprint density at radius 2 is 2.21 bits per heavy atom. The summed E-state index contributed by atoms with van der Waals surface area (Å²) in [5.41, 5.74) is 1.23. The molecular weight excluding hydrogens is 176 g/mol. The SMILES string of the molecule is Cc1cncn1CCCCOC(C)C. The number of unbranched alkanes of at least 4 members (excludes halogenated alkanes) is 1. The topological polar surface area (TPSA) is 27.1 Å². The summed E-state index contributed by atoms with van der Waals surface area (Å²) in [4.78, 5) is 4.08. The van der Waals surface area contributed by atoms with Crippen LogP contribution in [0.4, 0.5) is 0 Å². The summed E-state index contributed by atoms with van der Waals surface area (Å²) in [6.45, 7) is 8.14. The molecule has 0 aliphatic carbocycles. The van der Waals surface area contributed by atoms with Crippen molar-refractivity contribution in [2.24, 2.45) is 0 Å². The van der Waals surface area contributed by atoms with Crippen LogP contribution in [0.25, 0.3) is 0 Å². The van der Waals surface area contributed by atoms with Gasteiger partial charge in [0.05, 0.1) is 12.4 Å². The van der Waals surface area contributed by atoms with Crippen LogP contribution in [0.1, 0.15) is 32.4 Å². The number of hydrogen-bond acceptors (Lipinski definition) is 2. The van der Waals surface area contributed by atoms with E-state index < -0.39 is 0 Å². The summed E-state index contributed by atoms with van der Waals surface area (Å²) in [6, 6.07) is 0. The van der Waals surface area contributed by atoms with Crippen molar-refractivity contribution >= 4 is 0 Å². The molecule has 14 heavy (non-hydrogen) atoms. The van der Waals surface area contributed by atoms with Gasteiger partial charge in [-0.2, -0.15) is 0 Å². The number of aryl methyl sites for hydroxylation is 2. The van der Waals surface area contributed by atoms with Gasteiger partial charge in [-0.1, -0.05) is 0 Å². The second kappa shape index (κ2) is 5.81. The Balaban J connectivity index is 2.08. The average Bonchev–Trinajstić information content (AvgIpc) is 2.51. The lowest BCUT2D eigenvalue weighted by Gasteiger charge is -2.08. The highest BCUT2D eigenvalue weighted by molar-refractivity contribution is 4.93. The standard InChI is InChI=1S/C11H20N2O/c1-10(2)14-7-5-4-6-13-9-12-8-11(13)3/h8-10H,4-7H2,1-3H3. The minimum Gasteiger partial charge on any atom is -0.379 e. The zero-order valence-electron chi connectivity index (χ0n) is 9.36. The van der Waals surface area contributed by atoms with Gasteiger partial charge in [0.2, 0.25) is 0 Å². The molecular formula is C11H20N2O. The molecule has 0 saturated heterocycles. The third-order valence-electron chi connectivity index (χ3n) is 2.16. The van der Waals surface area contributed by atoms with E-state index in [1.165, 1.54) is 5.69 Å². The Morgan fingerprint density at radius 3 is 2.79 bits per heavy atom. The Labute approximate surface area is 86.1 Å². The lowest BCUT2D eigenvalue weighted by molar-refractivity contribution is 0.0754. The minimum atomic E-state index is 0.352. The van der Waals surface area contributed by atoms with Gasteiger partial charge in [-0.15, -0.1) is 0 Å². The molecule has 0 aliphatic heterocycles. The summed E-state index contributed by atoms with van der Waals surface area (Å²) >= 11 is 0. The molecule has 0 amide bonds. The number of hydrogen-bond donors (Lipinski definition) is 0. The van der Waals surface area contributed by atoms with Crippen molar-refractivity contribution in [3.05, 3.63) is 18.2 Å². The normalized spacial score (nSPS) is 11.1. The quantitative estimate of drug-likeness (QED) is 0.653. The fourth-order valence-electron chi connectivity index (χ4n) is 1.32. The van der Waals surface area contributed by atoms with Gasteiger partial charge < -0.3 is 9.30 Å². The molecule has 0 N–H and O–H groups in total. The smallest absolute Gasteiger partial charge is 0.0948 e. The van der Waals surface area contributed by atoms with Crippen LogP contribution in [0.15, 0.2) is 12.5 Å². The Morgan fingerprint density at radius 1 is 1.43 bits per heavy atom. The summed E-state index contributed by atoms with van der Waals surface area (Å²) < 4.78 is 7.64. The van der Waals surface area contributed by atoms with Gasteiger partial charge >= 0.3 is 0 Å². The van der Waals surface area contributed by atoms with Crippen molar-refractivity contribution < 1.29 is 4.74 Å². The summed E-state index contributed by atoms with van der Waals surface area (Å²) in [5, 5.41) is 0. The Hall–Kier alpha value is -0.830. The molecule has 1 aromatic rings. The molecule has 80 valence electrons. The Bertz CT molecular complexity index is 256. The lowest BCUT2D eigenvalue weighted by atomic mass is 10.3. The van der Waals surface area contributed by atoms with Crippen molar-refractivity contribution in [2.45, 2.75) is 46.3 Å². The fourth-order valence-corrected chi connectivity index (χ4v) is 1.32. The van der Waals surface area contributed by atoms with Crippen LogP contribution in [-0.4, -0.2) is 22.3 Å². The fraction of sp³-hybridized carbons (Fsp3) is 0.727. The molecule has 1 aromatic heterocycles. The molecule has 0 bridgehead atoms. The molecule has 1 rings (SSSR count). The van der Waals surface area contributed by atoms with Crippen molar-refractivity contribution in [1.29, 1.82) is 0 Å². The molecule has 3 nitrogen and oxygen atoms in total. The van der Waals surface area contributed by atoms with E-state index in [-0.39, 0.29) is 0 Å². The van der Waals surface area contributed by atoms with E-state index in [0.717, 1.165) is 26.0 Å². The molecule has 0 fully saturated rings. The predicted octanol–water partition coefficient (Wildman–Crippen LogP) is 2.40. The molecule has 0 saturated carbocycles. The average molecular weight is 196 g/mol. The first-order chi connectivity index (χ1) is 6.70. The van der Waals surface area contributed by atoms with Crippen molar-refractivity contribution in [3.8, 4) is 0 Å². The highest BCUT2D eigenvalue weighted by Crippen LogP contribution is 2.01. The zero-order valence-corrected chi connectivity index (χ0v) is 9.36. The number of imidazole rings is 1. The first-order valence-electron chi connectivity index (χ1n) is 5.28. The van der Waals surface area contributed by atoms with Crippen LogP contribution in [0, 0.1) is 6.92 Å². The van der Waals surface area contributed by atoms with Crippen molar-refractivity contribution in [1.82, 2.24) is 9.55 Å². The first kappa shape index (κ1) is 11.2. The second-order valence-electron chi connectivity index (χ2n) is 3.86. The molecule has 1 heterocycles. The molecule has 0 radical (unpaired) electrons. The third kappa shape index (κ3) is 3.92. The van der Waals surface area contributed by atoms with Gasteiger partial charge in [0.25, 0.3) is 0 Å². The van der Waals surface area contributed by atoms with E-state index in [1.54, 1.807) is 0 Å². The molecule has 0 atom stereocenters. The maximum atomic E-state index is 5.47. The van der Waals surface area contributed by atoms with E-state index in [0.29, 0.717) is 6.10 Å². The van der Waals surface area contributed by atoms with Crippen LogP contribution < -0.4 is 0 Å². The van der Waals surface area contributed by atoms with Crippen LogP contribution in [-0.2, 0) is 11.3 Å². The summed E-state index contributed by atoms with van der Waals surface area (Å²) in [5.74, 6) is 0. The molecule has 0 aliphatic rings. The van der Waals surface area contributed by atoms with Crippen LogP contribution >= 0.6 is 0 Å². The van der Waals surface area contributed by atoms with E-state index >= 15 is 0 Å². The highest BCUT2D eigenvalue weighted by atomic mass is 16.5. The van der Waals surface area contributed by atoms with Gasteiger partial charge in [0.1, 0.15) is 0 Å². The predicted molar refractivity (Wildman–Crippen MR) is 57.3 cm³/mol. The van der Waals surface area contributed by atoms with Gasteiger partial charge in [-0.05, 0) is 33.6 Å². The third-order valence-corrected chi connectivity index (χ3v) is 2.16. The number of aromatic nitrogens is 2.